The molecule has 0 N–H and O–H groups in total. The van der Waals surface area contributed by atoms with Crippen molar-refractivity contribution < 1.29 is 0 Å². The summed E-state index contributed by atoms with van der Waals surface area (Å²) in [6, 6.07) is 14.4. The lowest BCUT2D eigenvalue weighted by Gasteiger charge is -2.05. The van der Waals surface area contributed by atoms with E-state index in [2.05, 4.69) is 46.3 Å². The van der Waals surface area contributed by atoms with Gasteiger partial charge in [-0.1, -0.05) is 19.1 Å². The Hall–Kier alpha value is -3.54. The number of fused-ring (bicyclic) bond motifs is 2. The maximum absolute atomic E-state index is 4.83. The molecule has 0 radical (unpaired) electrons. The first kappa shape index (κ1) is 16.6. The molecule has 0 saturated heterocycles. The van der Waals surface area contributed by atoms with E-state index in [1.165, 1.54) is 5.56 Å². The summed E-state index contributed by atoms with van der Waals surface area (Å²) in [5.41, 5.74) is 6.05. The molecule has 0 atom stereocenters. The van der Waals surface area contributed by atoms with Gasteiger partial charge < -0.3 is 0 Å². The van der Waals surface area contributed by atoms with E-state index in [4.69, 9.17) is 5.10 Å². The number of benzene rings is 1. The van der Waals surface area contributed by atoms with Gasteiger partial charge in [-0.05, 0) is 42.3 Å². The number of hydrogen-bond donors (Lipinski definition) is 0. The molecule has 0 spiro atoms. The van der Waals surface area contributed by atoms with Gasteiger partial charge in [0.15, 0.2) is 5.65 Å². The Morgan fingerprint density at radius 2 is 1.96 bits per heavy atom. The monoisotopic (exact) mass is 368 g/mol. The van der Waals surface area contributed by atoms with Gasteiger partial charge in [0.25, 0.3) is 0 Å². The third-order valence-corrected chi connectivity index (χ3v) is 4.87. The largest absolute Gasteiger partial charge is 0.272 e. The summed E-state index contributed by atoms with van der Waals surface area (Å²) in [5, 5.41) is 10.4. The molecule has 138 valence electrons. The van der Waals surface area contributed by atoms with Gasteiger partial charge >= 0.3 is 0 Å². The second kappa shape index (κ2) is 6.88. The molecule has 6 nitrogen and oxygen atoms in total. The first-order valence-electron chi connectivity index (χ1n) is 9.50. The van der Waals surface area contributed by atoms with E-state index in [1.54, 1.807) is 0 Å². The Balaban J connectivity index is 1.50. The van der Waals surface area contributed by atoms with Crippen LogP contribution in [0.1, 0.15) is 24.6 Å². The zero-order chi connectivity index (χ0) is 18.9. The smallest absolute Gasteiger partial charge is 0.153 e. The zero-order valence-corrected chi connectivity index (χ0v) is 15.7. The molecular formula is C22H20N6. The zero-order valence-electron chi connectivity index (χ0n) is 15.7. The average molecular weight is 368 g/mol. The van der Waals surface area contributed by atoms with E-state index in [1.807, 2.05) is 52.2 Å². The minimum atomic E-state index is 0.761. The molecule has 0 fully saturated rings. The lowest BCUT2D eigenvalue weighted by molar-refractivity contribution is 0.603. The fraction of sp³-hybridized carbons (Fsp3) is 0.182. The fourth-order valence-corrected chi connectivity index (χ4v) is 3.49. The third-order valence-electron chi connectivity index (χ3n) is 4.87. The molecule has 28 heavy (non-hydrogen) atoms. The molecule has 0 aliphatic heterocycles. The van der Waals surface area contributed by atoms with Gasteiger partial charge in [0.05, 0.1) is 29.3 Å². The number of hydrogen-bond acceptors (Lipinski definition) is 4. The summed E-state index contributed by atoms with van der Waals surface area (Å²) >= 11 is 0. The maximum atomic E-state index is 4.83. The summed E-state index contributed by atoms with van der Waals surface area (Å²) in [5.74, 6) is 0. The highest BCUT2D eigenvalue weighted by Gasteiger charge is 2.10. The van der Waals surface area contributed by atoms with Crippen molar-refractivity contribution in [2.75, 3.05) is 0 Å². The van der Waals surface area contributed by atoms with Gasteiger partial charge in [-0.2, -0.15) is 10.2 Å². The molecule has 5 aromatic rings. The number of aromatic nitrogens is 6. The molecule has 6 heteroatoms. The van der Waals surface area contributed by atoms with Crippen LogP contribution in [0.15, 0.2) is 67.3 Å². The molecule has 0 aliphatic rings. The van der Waals surface area contributed by atoms with E-state index in [-0.39, 0.29) is 0 Å². The molecule has 0 saturated carbocycles. The van der Waals surface area contributed by atoms with Gasteiger partial charge in [-0.3, -0.25) is 9.67 Å². The van der Waals surface area contributed by atoms with Crippen LogP contribution in [-0.2, 0) is 13.0 Å². The summed E-state index contributed by atoms with van der Waals surface area (Å²) in [6.45, 7) is 3.06. The average Bonchev–Trinajstić information content (AvgIpc) is 3.35. The first-order valence-corrected chi connectivity index (χ1v) is 9.50. The van der Waals surface area contributed by atoms with Crippen LogP contribution < -0.4 is 0 Å². The molecule has 4 aromatic heterocycles. The van der Waals surface area contributed by atoms with Crippen LogP contribution in [0.3, 0.4) is 0 Å². The lowest BCUT2D eigenvalue weighted by atomic mass is 10.1. The number of pyridine rings is 1. The minimum absolute atomic E-state index is 0.761. The fourth-order valence-electron chi connectivity index (χ4n) is 3.49. The Morgan fingerprint density at radius 3 is 2.89 bits per heavy atom. The molecule has 5 rings (SSSR count). The quantitative estimate of drug-likeness (QED) is 0.468. The molecule has 0 unspecified atom stereocenters. The van der Waals surface area contributed by atoms with Gasteiger partial charge in [0.1, 0.15) is 0 Å². The Kier molecular flexibility index (Phi) is 4.09. The molecule has 0 aliphatic carbocycles. The highest BCUT2D eigenvalue weighted by Crippen LogP contribution is 2.20. The van der Waals surface area contributed by atoms with E-state index >= 15 is 0 Å². The van der Waals surface area contributed by atoms with E-state index in [9.17, 15) is 0 Å². The number of imidazole rings is 1. The van der Waals surface area contributed by atoms with Gasteiger partial charge in [0, 0.05) is 36.3 Å². The Labute approximate surface area is 162 Å². The van der Waals surface area contributed by atoms with Crippen molar-refractivity contribution in [2.24, 2.45) is 0 Å². The predicted molar refractivity (Wildman–Crippen MR) is 109 cm³/mol. The third kappa shape index (κ3) is 3.03. The molecule has 4 heterocycles. The highest BCUT2D eigenvalue weighted by molar-refractivity contribution is 5.79. The lowest BCUT2D eigenvalue weighted by Crippen LogP contribution is -2.00. The first-order chi connectivity index (χ1) is 13.8. The van der Waals surface area contributed by atoms with Crippen LogP contribution in [0, 0.1) is 0 Å². The molecule has 1 aromatic carbocycles. The van der Waals surface area contributed by atoms with Gasteiger partial charge in [0.2, 0.25) is 0 Å². The summed E-state index contributed by atoms with van der Waals surface area (Å²) in [4.78, 5) is 8.91. The Morgan fingerprint density at radius 1 is 1.00 bits per heavy atom. The van der Waals surface area contributed by atoms with E-state index in [0.717, 1.165) is 52.9 Å². The van der Waals surface area contributed by atoms with Crippen LogP contribution in [0.2, 0.25) is 0 Å². The van der Waals surface area contributed by atoms with Crippen LogP contribution in [0.5, 0.6) is 0 Å². The van der Waals surface area contributed by atoms with E-state index < -0.39 is 0 Å². The maximum Gasteiger partial charge on any atom is 0.153 e. The standard InChI is InChI=1S/C22H20N6/c1-2-10-27-15-18(13-25-27)21-7-8-22-24-14-19(28(22)26-21)12-16-5-6-20-17(11-16)4-3-9-23-20/h3-9,11,13-15H,2,10,12H2,1H3. The van der Waals surface area contributed by atoms with Gasteiger partial charge in [-0.15, -0.1) is 0 Å². The van der Waals surface area contributed by atoms with Gasteiger partial charge in [-0.25, -0.2) is 9.50 Å². The summed E-state index contributed by atoms with van der Waals surface area (Å²) in [7, 11) is 0. The number of aryl methyl sites for hydroxylation is 1. The highest BCUT2D eigenvalue weighted by atomic mass is 15.3. The summed E-state index contributed by atoms with van der Waals surface area (Å²) in [6.07, 6.45) is 9.46. The van der Waals surface area contributed by atoms with E-state index in [0.29, 0.717) is 0 Å². The van der Waals surface area contributed by atoms with Crippen LogP contribution in [-0.4, -0.2) is 29.4 Å². The molecular weight excluding hydrogens is 348 g/mol. The topological polar surface area (TPSA) is 60.9 Å². The van der Waals surface area contributed by atoms with Crippen molar-refractivity contribution in [1.29, 1.82) is 0 Å². The Bertz CT molecular complexity index is 1270. The molecule has 0 amide bonds. The van der Waals surface area contributed by atoms with Crippen LogP contribution in [0.25, 0.3) is 27.8 Å². The van der Waals surface area contributed by atoms with Crippen LogP contribution in [0.4, 0.5) is 0 Å². The molecule has 0 bridgehead atoms. The number of nitrogens with zero attached hydrogens (tertiary/aromatic N) is 6. The van der Waals surface area contributed by atoms with Crippen molar-refractivity contribution in [3.05, 3.63) is 78.5 Å². The van der Waals surface area contributed by atoms with Crippen molar-refractivity contribution in [3.8, 4) is 11.3 Å². The normalized spacial score (nSPS) is 11.5. The van der Waals surface area contributed by atoms with Crippen LogP contribution >= 0.6 is 0 Å². The second-order valence-electron chi connectivity index (χ2n) is 6.94. The van der Waals surface area contributed by atoms with Crippen molar-refractivity contribution in [3.63, 3.8) is 0 Å². The minimum Gasteiger partial charge on any atom is -0.272 e. The van der Waals surface area contributed by atoms with Crippen molar-refractivity contribution >= 4 is 16.6 Å². The van der Waals surface area contributed by atoms with Crippen molar-refractivity contribution in [1.82, 2.24) is 29.4 Å². The predicted octanol–water partition coefficient (Wildman–Crippen LogP) is 4.14. The second-order valence-corrected chi connectivity index (χ2v) is 6.94. The number of rotatable bonds is 5. The SMILES string of the molecule is CCCn1cc(-c2ccc3ncc(Cc4ccc5ncccc5c4)n3n2)cn1. The van der Waals surface area contributed by atoms with Crippen molar-refractivity contribution in [2.45, 2.75) is 26.3 Å². The summed E-state index contributed by atoms with van der Waals surface area (Å²) < 4.78 is 3.89.